The Balaban J connectivity index is 1.49. The SMILES string of the molecule is CCCCc1ccc(-c2ccc(C(=O)Oc3ccc(-c4cc(F)c(/C=C/C(F)(F)F)c(F)c4)c(F)c3)c(F)c2)cc1. The highest BCUT2D eigenvalue weighted by Crippen LogP contribution is 2.31. The predicted octanol–water partition coefficient (Wildman–Crippen LogP) is 9.71. The normalized spacial score (nSPS) is 11.7. The molecular weight excluding hydrogens is 549 g/mol. The van der Waals surface area contributed by atoms with E-state index in [2.05, 4.69) is 6.92 Å². The second-order valence-corrected chi connectivity index (χ2v) is 9.25. The van der Waals surface area contributed by atoms with Gasteiger partial charge in [-0.15, -0.1) is 0 Å². The number of ether oxygens (including phenoxy) is 1. The average molecular weight is 573 g/mol. The van der Waals surface area contributed by atoms with E-state index in [-0.39, 0.29) is 34.6 Å². The van der Waals surface area contributed by atoms with Crippen LogP contribution in [0.5, 0.6) is 5.75 Å². The van der Waals surface area contributed by atoms with Crippen LogP contribution in [-0.4, -0.2) is 12.1 Å². The Labute approximate surface area is 231 Å². The summed E-state index contributed by atoms with van der Waals surface area (Å²) in [6, 6.07) is 16.0. The molecule has 0 saturated heterocycles. The number of carbonyl (C=O) groups excluding carboxylic acids is 1. The van der Waals surface area contributed by atoms with Gasteiger partial charge in [0, 0.05) is 23.3 Å². The Morgan fingerprint density at radius 3 is 1.98 bits per heavy atom. The molecule has 0 fully saturated rings. The maximum absolute atomic E-state index is 14.8. The van der Waals surface area contributed by atoms with E-state index in [9.17, 15) is 35.5 Å². The molecule has 4 aromatic carbocycles. The van der Waals surface area contributed by atoms with Crippen molar-refractivity contribution in [3.05, 3.63) is 119 Å². The maximum Gasteiger partial charge on any atom is 0.409 e. The Kier molecular flexibility index (Phi) is 8.95. The minimum absolute atomic E-state index is 0.239. The van der Waals surface area contributed by atoms with Gasteiger partial charge < -0.3 is 4.74 Å². The van der Waals surface area contributed by atoms with Crippen molar-refractivity contribution in [2.45, 2.75) is 32.4 Å². The molecule has 4 rings (SSSR count). The van der Waals surface area contributed by atoms with E-state index in [4.69, 9.17) is 4.74 Å². The van der Waals surface area contributed by atoms with Crippen LogP contribution in [0.4, 0.5) is 30.7 Å². The van der Waals surface area contributed by atoms with Crippen molar-refractivity contribution in [2.24, 2.45) is 0 Å². The smallest absolute Gasteiger partial charge is 0.409 e. The van der Waals surface area contributed by atoms with Crippen molar-refractivity contribution in [1.29, 1.82) is 0 Å². The van der Waals surface area contributed by atoms with Crippen LogP contribution in [0.15, 0.2) is 78.9 Å². The minimum atomic E-state index is -4.78. The molecule has 0 aliphatic heterocycles. The third-order valence-corrected chi connectivity index (χ3v) is 6.28. The zero-order chi connectivity index (χ0) is 29.7. The van der Waals surface area contributed by atoms with Gasteiger partial charge in [-0.1, -0.05) is 43.7 Å². The lowest BCUT2D eigenvalue weighted by molar-refractivity contribution is -0.0790. The molecule has 0 aliphatic rings. The summed E-state index contributed by atoms with van der Waals surface area (Å²) in [7, 11) is 0. The number of benzene rings is 4. The summed E-state index contributed by atoms with van der Waals surface area (Å²) in [6.07, 6.45) is -1.77. The molecule has 212 valence electrons. The van der Waals surface area contributed by atoms with E-state index >= 15 is 0 Å². The minimum Gasteiger partial charge on any atom is -0.423 e. The van der Waals surface area contributed by atoms with Crippen LogP contribution in [0.25, 0.3) is 28.3 Å². The van der Waals surface area contributed by atoms with Gasteiger partial charge in [0.15, 0.2) is 0 Å². The quantitative estimate of drug-likeness (QED) is 0.119. The van der Waals surface area contributed by atoms with E-state index in [1.807, 2.05) is 24.3 Å². The Bertz CT molecular complexity index is 1570. The molecule has 4 aromatic rings. The van der Waals surface area contributed by atoms with Crippen LogP contribution in [-0.2, 0) is 6.42 Å². The molecule has 9 heteroatoms. The van der Waals surface area contributed by atoms with E-state index < -0.39 is 41.0 Å². The van der Waals surface area contributed by atoms with Crippen LogP contribution in [0.1, 0.15) is 41.3 Å². The lowest BCUT2D eigenvalue weighted by Crippen LogP contribution is -2.11. The van der Waals surface area contributed by atoms with Gasteiger partial charge in [0.1, 0.15) is 29.0 Å². The van der Waals surface area contributed by atoms with E-state index in [0.717, 1.165) is 43.0 Å². The molecule has 2 nitrogen and oxygen atoms in total. The fraction of sp³-hybridized carbons (Fsp3) is 0.156. The molecule has 0 aliphatic carbocycles. The summed E-state index contributed by atoms with van der Waals surface area (Å²) in [4.78, 5) is 12.6. The fourth-order valence-corrected chi connectivity index (χ4v) is 4.14. The van der Waals surface area contributed by atoms with Gasteiger partial charge in [0.05, 0.1) is 5.56 Å². The summed E-state index contributed by atoms with van der Waals surface area (Å²) < 4.78 is 100. The molecule has 0 bridgehead atoms. The van der Waals surface area contributed by atoms with Gasteiger partial charge in [-0.3, -0.25) is 0 Å². The van der Waals surface area contributed by atoms with Gasteiger partial charge in [0.25, 0.3) is 0 Å². The summed E-state index contributed by atoms with van der Waals surface area (Å²) in [5, 5.41) is 0. The topological polar surface area (TPSA) is 26.3 Å². The second-order valence-electron chi connectivity index (χ2n) is 9.25. The lowest BCUT2D eigenvalue weighted by atomic mass is 10.0. The van der Waals surface area contributed by atoms with Crippen LogP contribution >= 0.6 is 0 Å². The number of hydrogen-bond donors (Lipinski definition) is 0. The number of alkyl halides is 3. The summed E-state index contributed by atoms with van der Waals surface area (Å²) in [5.74, 6) is -5.93. The first kappa shape index (κ1) is 29.6. The van der Waals surface area contributed by atoms with Crippen molar-refractivity contribution in [1.82, 2.24) is 0 Å². The summed E-state index contributed by atoms with van der Waals surface area (Å²) >= 11 is 0. The van der Waals surface area contributed by atoms with E-state index in [1.54, 1.807) is 6.07 Å². The number of halogens is 7. The second kappa shape index (κ2) is 12.4. The number of rotatable bonds is 8. The first-order valence-corrected chi connectivity index (χ1v) is 12.6. The first-order chi connectivity index (χ1) is 19.4. The van der Waals surface area contributed by atoms with E-state index in [0.29, 0.717) is 17.7 Å². The van der Waals surface area contributed by atoms with E-state index in [1.165, 1.54) is 17.7 Å². The summed E-state index contributed by atoms with van der Waals surface area (Å²) in [6.45, 7) is 2.10. The standard InChI is InChI=1S/C32H23F7O2/c1-2-3-4-19-5-7-20(8-6-19)21-9-11-26(29(35)15-21)31(40)41-23-10-12-24(30(36)18-23)22-16-27(33)25(28(34)17-22)13-14-32(37,38)39/h5-18H,2-4H2,1H3/b14-13+. The van der Waals surface area contributed by atoms with Gasteiger partial charge in [-0.05, 0) is 77.6 Å². The number of aryl methyl sites for hydroxylation is 1. The number of hydrogen-bond acceptors (Lipinski definition) is 2. The maximum atomic E-state index is 14.8. The highest BCUT2D eigenvalue weighted by atomic mass is 19.4. The molecule has 0 heterocycles. The molecule has 41 heavy (non-hydrogen) atoms. The van der Waals surface area contributed by atoms with Crippen LogP contribution in [0.3, 0.4) is 0 Å². The van der Waals surface area contributed by atoms with Gasteiger partial charge in [-0.2, -0.15) is 13.2 Å². The van der Waals surface area contributed by atoms with Crippen LogP contribution in [0.2, 0.25) is 0 Å². The molecule has 0 atom stereocenters. The van der Waals surface area contributed by atoms with Crippen LogP contribution in [0, 0.1) is 23.3 Å². The van der Waals surface area contributed by atoms with Gasteiger partial charge in [-0.25, -0.2) is 22.4 Å². The Morgan fingerprint density at radius 1 is 0.756 bits per heavy atom. The number of esters is 1. The predicted molar refractivity (Wildman–Crippen MR) is 142 cm³/mol. The van der Waals surface area contributed by atoms with Crippen molar-refractivity contribution in [3.63, 3.8) is 0 Å². The highest BCUT2D eigenvalue weighted by Gasteiger charge is 2.23. The van der Waals surface area contributed by atoms with Gasteiger partial charge >= 0.3 is 12.1 Å². The molecule has 0 amide bonds. The van der Waals surface area contributed by atoms with Crippen LogP contribution < -0.4 is 4.74 Å². The molecule has 0 radical (unpaired) electrons. The molecule has 0 saturated carbocycles. The third-order valence-electron chi connectivity index (χ3n) is 6.28. The van der Waals surface area contributed by atoms with Crippen molar-refractivity contribution in [2.75, 3.05) is 0 Å². The summed E-state index contributed by atoms with van der Waals surface area (Å²) in [5.41, 5.74) is 0.568. The molecule has 0 N–H and O–H groups in total. The monoisotopic (exact) mass is 572 g/mol. The molecular formula is C32H23F7O2. The Morgan fingerprint density at radius 2 is 1.39 bits per heavy atom. The highest BCUT2D eigenvalue weighted by molar-refractivity contribution is 5.92. The molecule has 0 aromatic heterocycles. The van der Waals surface area contributed by atoms with Crippen molar-refractivity contribution in [3.8, 4) is 28.0 Å². The third kappa shape index (κ3) is 7.42. The van der Waals surface area contributed by atoms with Crippen molar-refractivity contribution >= 4 is 12.0 Å². The average Bonchev–Trinajstić information content (AvgIpc) is 2.91. The molecule has 0 spiro atoms. The zero-order valence-corrected chi connectivity index (χ0v) is 21.7. The Hall–Kier alpha value is -4.40. The largest absolute Gasteiger partial charge is 0.423 e. The number of carbonyl (C=O) groups is 1. The number of unbranched alkanes of at least 4 members (excludes halogenated alkanes) is 1. The fourth-order valence-electron chi connectivity index (χ4n) is 4.14. The van der Waals surface area contributed by atoms with Crippen molar-refractivity contribution < 1.29 is 40.3 Å². The molecule has 0 unspecified atom stereocenters. The first-order valence-electron chi connectivity index (χ1n) is 12.6. The zero-order valence-electron chi connectivity index (χ0n) is 21.7. The van der Waals surface area contributed by atoms with Gasteiger partial charge in [0.2, 0.25) is 0 Å². The number of allylic oxidation sites excluding steroid dienone is 1. The lowest BCUT2D eigenvalue weighted by Gasteiger charge is -2.10.